The molecule has 0 bridgehead atoms. The van der Waals surface area contributed by atoms with Gasteiger partial charge in [-0.25, -0.2) is 9.67 Å². The van der Waals surface area contributed by atoms with E-state index in [0.29, 0.717) is 28.7 Å². The fourth-order valence-corrected chi connectivity index (χ4v) is 4.21. The molecular weight excluding hydrogens is 466 g/mol. The molecule has 2 aromatic heterocycles. The van der Waals surface area contributed by atoms with Crippen molar-refractivity contribution in [3.05, 3.63) is 114 Å². The minimum Gasteiger partial charge on any atom is -0.497 e. The van der Waals surface area contributed by atoms with Gasteiger partial charge in [0.1, 0.15) is 29.1 Å². The molecule has 1 atom stereocenters. The van der Waals surface area contributed by atoms with Gasteiger partial charge in [0.25, 0.3) is 5.91 Å². The first kappa shape index (κ1) is 23.9. The van der Waals surface area contributed by atoms with Crippen molar-refractivity contribution in [1.82, 2.24) is 24.6 Å². The largest absolute Gasteiger partial charge is 0.497 e. The van der Waals surface area contributed by atoms with E-state index in [1.165, 1.54) is 0 Å². The molecule has 1 N–H and O–H groups in total. The molecule has 3 aromatic carbocycles. The first-order chi connectivity index (χ1) is 18.1. The van der Waals surface area contributed by atoms with Gasteiger partial charge in [0.2, 0.25) is 0 Å². The lowest BCUT2D eigenvalue weighted by atomic mass is 10.0. The molecule has 0 radical (unpaired) electrons. The maximum absolute atomic E-state index is 13.9. The Morgan fingerprint density at radius 1 is 0.892 bits per heavy atom. The molecular formula is C29H27N5O3. The molecule has 8 nitrogen and oxygen atoms in total. The second-order valence-corrected chi connectivity index (χ2v) is 8.48. The number of nitrogens with zero attached hydrogens (tertiary/aromatic N) is 4. The third kappa shape index (κ3) is 4.95. The second kappa shape index (κ2) is 10.4. The standard InChI is InChI=1S/C29H27N5O3/c1-33-15-14-30-28(33)27(21-16-23(36-2)18-24(17-21)37-3)31-29(35)26-19-25(20-10-6-4-7-11-20)32-34(26)22-12-8-5-9-13-22/h4-19,27H,1-3H3,(H,31,35). The van der Waals surface area contributed by atoms with Crippen molar-refractivity contribution in [2.45, 2.75) is 6.04 Å². The molecule has 5 rings (SSSR count). The van der Waals surface area contributed by atoms with Gasteiger partial charge in [0.05, 0.1) is 25.6 Å². The van der Waals surface area contributed by atoms with E-state index in [9.17, 15) is 4.79 Å². The Morgan fingerprint density at radius 3 is 2.14 bits per heavy atom. The van der Waals surface area contributed by atoms with Crippen molar-refractivity contribution in [2.24, 2.45) is 7.05 Å². The summed E-state index contributed by atoms with van der Waals surface area (Å²) in [4.78, 5) is 18.4. The number of aromatic nitrogens is 4. The predicted molar refractivity (Wildman–Crippen MR) is 141 cm³/mol. The van der Waals surface area contributed by atoms with Crippen LogP contribution in [-0.2, 0) is 7.05 Å². The first-order valence-corrected chi connectivity index (χ1v) is 11.8. The third-order valence-corrected chi connectivity index (χ3v) is 6.11. The summed E-state index contributed by atoms with van der Waals surface area (Å²) in [5, 5.41) is 7.96. The summed E-state index contributed by atoms with van der Waals surface area (Å²) in [5.41, 5.74) is 3.58. The molecule has 0 aliphatic rings. The highest BCUT2D eigenvalue weighted by molar-refractivity contribution is 5.95. The zero-order valence-corrected chi connectivity index (χ0v) is 20.8. The number of benzene rings is 3. The van der Waals surface area contributed by atoms with Gasteiger partial charge >= 0.3 is 0 Å². The minimum absolute atomic E-state index is 0.298. The zero-order valence-electron chi connectivity index (χ0n) is 20.8. The van der Waals surface area contributed by atoms with E-state index in [2.05, 4.69) is 10.3 Å². The van der Waals surface area contributed by atoms with Gasteiger partial charge in [0, 0.05) is 31.1 Å². The summed E-state index contributed by atoms with van der Waals surface area (Å²) in [7, 11) is 5.08. The molecule has 37 heavy (non-hydrogen) atoms. The van der Waals surface area contributed by atoms with Gasteiger partial charge in [-0.05, 0) is 35.9 Å². The molecule has 0 spiro atoms. The molecule has 2 heterocycles. The van der Waals surface area contributed by atoms with Gasteiger partial charge in [-0.1, -0.05) is 48.5 Å². The molecule has 0 aliphatic carbocycles. The number of ether oxygens (including phenoxy) is 2. The van der Waals surface area contributed by atoms with Crippen molar-refractivity contribution in [3.63, 3.8) is 0 Å². The topological polar surface area (TPSA) is 83.2 Å². The summed E-state index contributed by atoms with van der Waals surface area (Å²) in [6, 6.07) is 26.1. The Morgan fingerprint density at radius 2 is 1.54 bits per heavy atom. The molecule has 186 valence electrons. The highest BCUT2D eigenvalue weighted by atomic mass is 16.5. The van der Waals surface area contributed by atoms with Crippen molar-refractivity contribution in [1.29, 1.82) is 0 Å². The van der Waals surface area contributed by atoms with Crippen molar-refractivity contribution < 1.29 is 14.3 Å². The fourth-order valence-electron chi connectivity index (χ4n) is 4.21. The van der Waals surface area contributed by atoms with Crippen LogP contribution in [0.1, 0.15) is 27.9 Å². The molecule has 0 saturated heterocycles. The van der Waals surface area contributed by atoms with Gasteiger partial charge in [-0.15, -0.1) is 0 Å². The average molecular weight is 494 g/mol. The molecule has 0 saturated carbocycles. The summed E-state index contributed by atoms with van der Waals surface area (Å²) >= 11 is 0. The van der Waals surface area contributed by atoms with E-state index in [1.807, 2.05) is 90.6 Å². The lowest BCUT2D eigenvalue weighted by Crippen LogP contribution is -2.32. The van der Waals surface area contributed by atoms with Gasteiger partial charge < -0.3 is 19.4 Å². The highest BCUT2D eigenvalue weighted by Crippen LogP contribution is 2.30. The number of carbonyl (C=O) groups excluding carboxylic acids is 1. The molecule has 0 aliphatic heterocycles. The van der Waals surface area contributed by atoms with Gasteiger partial charge in [0.15, 0.2) is 0 Å². The summed E-state index contributed by atoms with van der Waals surface area (Å²) < 4.78 is 14.5. The maximum atomic E-state index is 13.9. The summed E-state index contributed by atoms with van der Waals surface area (Å²) in [6.07, 6.45) is 3.54. The van der Waals surface area contributed by atoms with Crippen LogP contribution in [0.15, 0.2) is 97.3 Å². The summed E-state index contributed by atoms with van der Waals surface area (Å²) in [6.45, 7) is 0. The monoisotopic (exact) mass is 493 g/mol. The van der Waals surface area contributed by atoms with Crippen LogP contribution < -0.4 is 14.8 Å². The van der Waals surface area contributed by atoms with E-state index < -0.39 is 6.04 Å². The minimum atomic E-state index is -0.573. The maximum Gasteiger partial charge on any atom is 0.270 e. The van der Waals surface area contributed by atoms with Crippen molar-refractivity contribution >= 4 is 5.91 Å². The van der Waals surface area contributed by atoms with Gasteiger partial charge in [-0.2, -0.15) is 5.10 Å². The average Bonchev–Trinajstić information content (AvgIpc) is 3.59. The van der Waals surface area contributed by atoms with E-state index >= 15 is 0 Å². The van der Waals surface area contributed by atoms with Crippen LogP contribution >= 0.6 is 0 Å². The normalized spacial score (nSPS) is 11.6. The fraction of sp³-hybridized carbons (Fsp3) is 0.138. The van der Waals surface area contributed by atoms with Crippen LogP contribution in [-0.4, -0.2) is 39.5 Å². The van der Waals surface area contributed by atoms with Crippen LogP contribution in [0.2, 0.25) is 0 Å². The quantitative estimate of drug-likeness (QED) is 0.335. The molecule has 1 amide bonds. The van der Waals surface area contributed by atoms with E-state index in [1.54, 1.807) is 37.2 Å². The Kier molecular flexibility index (Phi) is 6.72. The number of hydrogen-bond acceptors (Lipinski definition) is 5. The number of carbonyl (C=O) groups is 1. The lowest BCUT2D eigenvalue weighted by Gasteiger charge is -2.21. The number of amides is 1. The Bertz CT molecular complexity index is 1490. The number of rotatable bonds is 8. The van der Waals surface area contributed by atoms with Crippen molar-refractivity contribution in [2.75, 3.05) is 14.2 Å². The predicted octanol–water partition coefficient (Wildman–Crippen LogP) is 4.81. The number of para-hydroxylation sites is 1. The molecule has 8 heteroatoms. The number of imidazole rings is 1. The molecule has 5 aromatic rings. The first-order valence-electron chi connectivity index (χ1n) is 11.8. The SMILES string of the molecule is COc1cc(OC)cc(C(NC(=O)c2cc(-c3ccccc3)nn2-c2ccccc2)c2nccn2C)c1. The highest BCUT2D eigenvalue weighted by Gasteiger charge is 2.26. The summed E-state index contributed by atoms with van der Waals surface area (Å²) in [5.74, 6) is 1.60. The molecule has 1 unspecified atom stereocenters. The third-order valence-electron chi connectivity index (χ3n) is 6.11. The smallest absolute Gasteiger partial charge is 0.270 e. The molecule has 0 fully saturated rings. The van der Waals surface area contributed by atoms with Crippen LogP contribution in [0.4, 0.5) is 0 Å². The zero-order chi connectivity index (χ0) is 25.8. The number of methoxy groups -OCH3 is 2. The lowest BCUT2D eigenvalue weighted by molar-refractivity contribution is 0.0933. The van der Waals surface area contributed by atoms with Crippen LogP contribution in [0.5, 0.6) is 11.5 Å². The number of hydrogen-bond donors (Lipinski definition) is 1. The Balaban J connectivity index is 1.59. The van der Waals surface area contributed by atoms with E-state index in [4.69, 9.17) is 14.6 Å². The van der Waals surface area contributed by atoms with Crippen molar-refractivity contribution in [3.8, 4) is 28.4 Å². The Hall–Kier alpha value is -4.85. The van der Waals surface area contributed by atoms with Crippen LogP contribution in [0, 0.1) is 0 Å². The number of aryl methyl sites for hydroxylation is 1. The van der Waals surface area contributed by atoms with Crippen LogP contribution in [0.3, 0.4) is 0 Å². The van der Waals surface area contributed by atoms with E-state index in [0.717, 1.165) is 16.8 Å². The van der Waals surface area contributed by atoms with Crippen LogP contribution in [0.25, 0.3) is 16.9 Å². The Labute approximate surface area is 215 Å². The van der Waals surface area contributed by atoms with E-state index in [-0.39, 0.29) is 5.91 Å². The number of nitrogens with one attached hydrogen (secondary N) is 1. The second-order valence-electron chi connectivity index (χ2n) is 8.48. The van der Waals surface area contributed by atoms with Gasteiger partial charge in [-0.3, -0.25) is 4.79 Å².